The van der Waals surface area contributed by atoms with E-state index < -0.39 is 27.7 Å². The van der Waals surface area contributed by atoms with Crippen molar-refractivity contribution in [1.29, 1.82) is 0 Å². The maximum absolute atomic E-state index is 14.1. The highest BCUT2D eigenvalue weighted by molar-refractivity contribution is 7.90. The third-order valence-electron chi connectivity index (χ3n) is 3.60. The summed E-state index contributed by atoms with van der Waals surface area (Å²) in [5.74, 6) is -1.20. The van der Waals surface area contributed by atoms with Crippen molar-refractivity contribution in [2.24, 2.45) is 0 Å². The highest BCUT2D eigenvalue weighted by Gasteiger charge is 2.18. The van der Waals surface area contributed by atoms with Gasteiger partial charge in [-0.3, -0.25) is 10.1 Å². The van der Waals surface area contributed by atoms with E-state index in [-0.39, 0.29) is 15.9 Å². The molecule has 27 heavy (non-hydrogen) atoms. The van der Waals surface area contributed by atoms with E-state index in [1.165, 1.54) is 26.1 Å². The number of urea groups is 1. The molecule has 1 aromatic carbocycles. The number of likely N-dealkylation sites (N-methyl/N-ethyl adjacent to an activating group) is 1. The van der Waals surface area contributed by atoms with Crippen LogP contribution in [0.1, 0.15) is 12.6 Å². The lowest BCUT2D eigenvalue weighted by atomic mass is 10.1. The predicted molar refractivity (Wildman–Crippen MR) is 101 cm³/mol. The second kappa shape index (κ2) is 8.01. The topological polar surface area (TPSA) is 117 Å². The quantitative estimate of drug-likeness (QED) is 0.691. The maximum atomic E-state index is 14.1. The number of carbonyl (C=O) groups excluding carboxylic acids is 2. The van der Waals surface area contributed by atoms with Crippen molar-refractivity contribution in [3.63, 3.8) is 0 Å². The normalized spacial score (nSPS) is 12.3. The van der Waals surface area contributed by atoms with Crippen LogP contribution >= 0.6 is 11.3 Å². The first kappa shape index (κ1) is 20.8. The molecule has 11 heteroatoms. The number of nitrogens with zero attached hydrogens (tertiary/aromatic N) is 1. The fourth-order valence-corrected chi connectivity index (χ4v) is 3.96. The number of thiazole rings is 1. The summed E-state index contributed by atoms with van der Waals surface area (Å²) in [4.78, 5) is 27.8. The molecule has 3 amide bonds. The van der Waals surface area contributed by atoms with Crippen LogP contribution in [0.15, 0.2) is 23.1 Å². The predicted octanol–water partition coefficient (Wildman–Crippen LogP) is 1.92. The molecule has 1 atom stereocenters. The summed E-state index contributed by atoms with van der Waals surface area (Å²) >= 11 is 1.10. The van der Waals surface area contributed by atoms with E-state index in [1.807, 2.05) is 0 Å². The van der Waals surface area contributed by atoms with Crippen LogP contribution in [0.25, 0.3) is 10.4 Å². The minimum Gasteiger partial charge on any atom is -0.357 e. The largest absolute Gasteiger partial charge is 0.357 e. The molecule has 0 spiro atoms. The van der Waals surface area contributed by atoms with Crippen LogP contribution in [0.5, 0.6) is 0 Å². The number of halogens is 1. The summed E-state index contributed by atoms with van der Waals surface area (Å²) in [6.45, 7) is 3.22. The van der Waals surface area contributed by atoms with Gasteiger partial charge < -0.3 is 10.6 Å². The molecule has 1 unspecified atom stereocenters. The number of amides is 3. The first-order valence-corrected chi connectivity index (χ1v) is 10.5. The standard InChI is InChI=1S/C16H19FN4O4S2/c1-8-13(10-5-6-12(11(17)7-10)27(4,24)25)26-16(20-8)21-15(23)19-9(2)14(22)18-3/h5-7,9H,1-4H3,(H,18,22)(H2,19,20,21,23). The average Bonchev–Trinajstić information content (AvgIpc) is 2.92. The van der Waals surface area contributed by atoms with Crippen molar-refractivity contribution >= 4 is 38.2 Å². The van der Waals surface area contributed by atoms with Crippen LogP contribution in [0.3, 0.4) is 0 Å². The van der Waals surface area contributed by atoms with Gasteiger partial charge in [-0.05, 0) is 31.5 Å². The summed E-state index contributed by atoms with van der Waals surface area (Å²) < 4.78 is 37.2. The van der Waals surface area contributed by atoms with Gasteiger partial charge in [0.25, 0.3) is 0 Å². The Labute approximate surface area is 160 Å². The second-order valence-electron chi connectivity index (χ2n) is 5.79. The molecular weight excluding hydrogens is 395 g/mol. The minimum atomic E-state index is -3.66. The van der Waals surface area contributed by atoms with E-state index in [9.17, 15) is 22.4 Å². The molecule has 3 N–H and O–H groups in total. The molecular formula is C16H19FN4O4S2. The number of anilines is 1. The molecule has 1 aromatic heterocycles. The van der Waals surface area contributed by atoms with Crippen LogP contribution in [0, 0.1) is 12.7 Å². The lowest BCUT2D eigenvalue weighted by Gasteiger charge is -2.11. The van der Waals surface area contributed by atoms with Gasteiger partial charge >= 0.3 is 6.03 Å². The Hall–Kier alpha value is -2.53. The first-order chi connectivity index (χ1) is 12.5. The number of sulfone groups is 1. The zero-order valence-electron chi connectivity index (χ0n) is 15.1. The molecule has 0 aliphatic carbocycles. The summed E-state index contributed by atoms with van der Waals surface area (Å²) in [5.41, 5.74) is 0.989. The monoisotopic (exact) mass is 414 g/mol. The SMILES string of the molecule is CNC(=O)C(C)NC(=O)Nc1nc(C)c(-c2ccc(S(C)(=O)=O)c(F)c2)s1. The maximum Gasteiger partial charge on any atom is 0.321 e. The van der Waals surface area contributed by atoms with Gasteiger partial charge in [0.05, 0.1) is 10.6 Å². The van der Waals surface area contributed by atoms with Gasteiger partial charge in [-0.1, -0.05) is 17.4 Å². The molecule has 0 aliphatic heterocycles. The molecule has 2 aromatic rings. The third-order valence-corrected chi connectivity index (χ3v) is 5.85. The van der Waals surface area contributed by atoms with Gasteiger partial charge in [0.1, 0.15) is 16.8 Å². The number of benzene rings is 1. The van der Waals surface area contributed by atoms with Crippen LogP contribution in [0.2, 0.25) is 0 Å². The summed E-state index contributed by atoms with van der Waals surface area (Å²) in [7, 11) is -2.20. The van der Waals surface area contributed by atoms with Gasteiger partial charge in [-0.2, -0.15) is 0 Å². The number of aryl methyl sites for hydroxylation is 1. The zero-order chi connectivity index (χ0) is 20.4. The molecule has 2 rings (SSSR count). The van der Waals surface area contributed by atoms with E-state index in [1.54, 1.807) is 6.92 Å². The van der Waals surface area contributed by atoms with Crippen molar-refractivity contribution in [2.75, 3.05) is 18.6 Å². The number of nitrogens with one attached hydrogen (secondary N) is 3. The van der Waals surface area contributed by atoms with Crippen molar-refractivity contribution in [3.05, 3.63) is 29.7 Å². The van der Waals surface area contributed by atoms with E-state index in [0.29, 0.717) is 16.1 Å². The van der Waals surface area contributed by atoms with Gasteiger partial charge in [0.15, 0.2) is 15.0 Å². The number of rotatable bonds is 5. The van der Waals surface area contributed by atoms with Crippen molar-refractivity contribution < 1.29 is 22.4 Å². The molecule has 1 heterocycles. The van der Waals surface area contributed by atoms with Gasteiger partial charge in [-0.25, -0.2) is 22.6 Å². The van der Waals surface area contributed by atoms with E-state index in [0.717, 1.165) is 23.7 Å². The van der Waals surface area contributed by atoms with Gasteiger partial charge in [-0.15, -0.1) is 0 Å². The molecule has 0 radical (unpaired) electrons. The molecule has 0 aliphatic rings. The van der Waals surface area contributed by atoms with Crippen LogP contribution in [-0.2, 0) is 14.6 Å². The average molecular weight is 414 g/mol. The highest BCUT2D eigenvalue weighted by Crippen LogP contribution is 2.34. The third kappa shape index (κ3) is 5.01. The van der Waals surface area contributed by atoms with Gasteiger partial charge in [0.2, 0.25) is 5.91 Å². The molecule has 0 saturated heterocycles. The summed E-state index contributed by atoms with van der Waals surface area (Å²) in [5, 5.41) is 7.66. The molecule has 8 nitrogen and oxygen atoms in total. The van der Waals surface area contributed by atoms with E-state index in [2.05, 4.69) is 20.9 Å². The molecule has 0 fully saturated rings. The van der Waals surface area contributed by atoms with Crippen molar-refractivity contribution in [2.45, 2.75) is 24.8 Å². The van der Waals surface area contributed by atoms with E-state index in [4.69, 9.17) is 0 Å². The van der Waals surface area contributed by atoms with Crippen LogP contribution < -0.4 is 16.0 Å². The fraction of sp³-hybridized carbons (Fsp3) is 0.312. The smallest absolute Gasteiger partial charge is 0.321 e. The Morgan fingerprint density at radius 2 is 1.96 bits per heavy atom. The number of carbonyl (C=O) groups is 2. The zero-order valence-corrected chi connectivity index (χ0v) is 16.7. The summed E-state index contributed by atoms with van der Waals surface area (Å²) in [6, 6.07) is 2.47. The number of hydrogen-bond donors (Lipinski definition) is 3. The minimum absolute atomic E-state index is 0.261. The Balaban J connectivity index is 2.20. The Morgan fingerprint density at radius 3 is 2.52 bits per heavy atom. The highest BCUT2D eigenvalue weighted by atomic mass is 32.2. The number of aromatic nitrogens is 1. The lowest BCUT2D eigenvalue weighted by Crippen LogP contribution is -2.45. The van der Waals surface area contributed by atoms with Gasteiger partial charge in [0, 0.05) is 13.3 Å². The first-order valence-electron chi connectivity index (χ1n) is 7.79. The summed E-state index contributed by atoms with van der Waals surface area (Å²) in [6.07, 6.45) is 0.934. The van der Waals surface area contributed by atoms with Crippen LogP contribution in [-0.4, -0.2) is 44.7 Å². The molecule has 146 valence electrons. The Kier molecular flexibility index (Phi) is 6.16. The van der Waals surface area contributed by atoms with E-state index >= 15 is 0 Å². The number of hydrogen-bond acceptors (Lipinski definition) is 6. The lowest BCUT2D eigenvalue weighted by molar-refractivity contribution is -0.122. The van der Waals surface area contributed by atoms with Crippen molar-refractivity contribution in [1.82, 2.24) is 15.6 Å². The molecule has 0 bridgehead atoms. The Morgan fingerprint density at radius 1 is 1.30 bits per heavy atom. The van der Waals surface area contributed by atoms with Crippen molar-refractivity contribution in [3.8, 4) is 10.4 Å². The fourth-order valence-electron chi connectivity index (χ4n) is 2.27. The van der Waals surface area contributed by atoms with Crippen LogP contribution in [0.4, 0.5) is 14.3 Å². The molecule has 0 saturated carbocycles. The second-order valence-corrected chi connectivity index (χ2v) is 8.77. The Bertz CT molecular complexity index is 988.